The number of carbonyl (C=O) groups excluding carboxylic acids is 2. The summed E-state index contributed by atoms with van der Waals surface area (Å²) in [6.45, 7) is 2.71. The Kier molecular flexibility index (Phi) is 3.85. The van der Waals surface area contributed by atoms with Gasteiger partial charge in [-0.3, -0.25) is 9.59 Å². The number of hydrogen-bond acceptors (Lipinski definition) is 3. The van der Waals surface area contributed by atoms with Gasteiger partial charge in [-0.1, -0.05) is 0 Å². The summed E-state index contributed by atoms with van der Waals surface area (Å²) in [6, 6.07) is 5.65. The van der Waals surface area contributed by atoms with E-state index in [1.165, 1.54) is 38.5 Å². The first-order valence-electron chi connectivity index (χ1n) is 9.89. The van der Waals surface area contributed by atoms with E-state index in [-0.39, 0.29) is 17.1 Å². The fourth-order valence-electron chi connectivity index (χ4n) is 6.23. The van der Waals surface area contributed by atoms with Crippen molar-refractivity contribution in [1.29, 1.82) is 0 Å². The molecule has 0 saturated heterocycles. The molecule has 1 aliphatic heterocycles. The number of fused-ring (bicyclic) bond motifs is 1. The Morgan fingerprint density at radius 1 is 1.19 bits per heavy atom. The molecule has 4 fully saturated rings. The van der Waals surface area contributed by atoms with Crippen LogP contribution in [0, 0.1) is 23.2 Å². The molecule has 5 aliphatic rings. The molecule has 5 heteroatoms. The Morgan fingerprint density at radius 2 is 1.85 bits per heavy atom. The topological polar surface area (TPSA) is 58.2 Å². The summed E-state index contributed by atoms with van der Waals surface area (Å²) in [7, 11) is 0. The summed E-state index contributed by atoms with van der Waals surface area (Å²) in [5, 5.41) is 6.06. The van der Waals surface area contributed by atoms with Gasteiger partial charge in [0.1, 0.15) is 0 Å². The molecule has 4 aliphatic carbocycles. The second kappa shape index (κ2) is 6.01. The Labute approximate surface area is 158 Å². The van der Waals surface area contributed by atoms with E-state index in [9.17, 15) is 9.59 Å². The molecule has 1 aromatic rings. The minimum Gasteiger partial charge on any atom is -0.351 e. The van der Waals surface area contributed by atoms with Crippen LogP contribution < -0.4 is 10.6 Å². The lowest BCUT2D eigenvalue weighted by atomic mass is 9.49. The molecule has 4 bridgehead atoms. The van der Waals surface area contributed by atoms with Crippen LogP contribution in [0.25, 0.3) is 0 Å². The lowest BCUT2D eigenvalue weighted by molar-refractivity contribution is -0.115. The van der Waals surface area contributed by atoms with E-state index in [0.717, 1.165) is 34.9 Å². The van der Waals surface area contributed by atoms with Crippen LogP contribution in [-0.2, 0) is 4.79 Å². The maximum atomic E-state index is 12.7. The highest BCUT2D eigenvalue weighted by molar-refractivity contribution is 8.00. The van der Waals surface area contributed by atoms with Gasteiger partial charge in [-0.25, -0.2) is 0 Å². The molecule has 2 N–H and O–H groups in total. The number of nitrogens with one attached hydrogen (secondary N) is 2. The van der Waals surface area contributed by atoms with Crippen molar-refractivity contribution in [3.8, 4) is 0 Å². The molecule has 1 atom stereocenters. The monoisotopic (exact) mass is 370 g/mol. The van der Waals surface area contributed by atoms with Crippen molar-refractivity contribution < 1.29 is 9.59 Å². The van der Waals surface area contributed by atoms with Gasteiger partial charge in [-0.05, 0) is 86.8 Å². The van der Waals surface area contributed by atoms with Gasteiger partial charge in [0, 0.05) is 17.0 Å². The predicted octanol–water partition coefficient (Wildman–Crippen LogP) is 4.07. The molecule has 4 saturated carbocycles. The van der Waals surface area contributed by atoms with Gasteiger partial charge < -0.3 is 10.6 Å². The van der Waals surface area contributed by atoms with E-state index in [2.05, 4.69) is 10.6 Å². The highest BCUT2D eigenvalue weighted by Gasteiger charge is 2.50. The largest absolute Gasteiger partial charge is 0.351 e. The zero-order valence-electron chi connectivity index (χ0n) is 15.2. The van der Waals surface area contributed by atoms with Crippen LogP contribution in [0.3, 0.4) is 0 Å². The van der Waals surface area contributed by atoms with Crippen LogP contribution in [0.2, 0.25) is 0 Å². The van der Waals surface area contributed by atoms with E-state index < -0.39 is 0 Å². The number of rotatable bonds is 3. The van der Waals surface area contributed by atoms with Crippen LogP contribution in [0.1, 0.15) is 55.8 Å². The van der Waals surface area contributed by atoms with Crippen molar-refractivity contribution in [2.75, 3.05) is 11.9 Å². The molecule has 0 radical (unpaired) electrons. The first-order valence-corrected chi connectivity index (χ1v) is 10.8. The average Bonchev–Trinajstić information content (AvgIpc) is 2.59. The number of benzene rings is 1. The fourth-order valence-corrected chi connectivity index (χ4v) is 7.16. The standard InChI is InChI=1S/C21H26N2O2S/c1-12-19(24)23-17-7-16(2-3-18(17)26-12)20(25)22-11-21-8-13-4-14(9-21)6-15(5-13)10-21/h2-3,7,12-15H,4-6,8-11H2,1H3,(H,22,25)(H,23,24)/t12-,13?,14?,15?,21?/m1/s1. The predicted molar refractivity (Wildman–Crippen MR) is 103 cm³/mol. The molecule has 1 aromatic carbocycles. The van der Waals surface area contributed by atoms with E-state index in [1.54, 1.807) is 11.8 Å². The maximum absolute atomic E-state index is 12.7. The quantitative estimate of drug-likeness (QED) is 0.843. The van der Waals surface area contributed by atoms with Gasteiger partial charge in [0.15, 0.2) is 0 Å². The summed E-state index contributed by atoms with van der Waals surface area (Å²) in [6.07, 6.45) is 8.17. The Balaban J connectivity index is 1.28. The first kappa shape index (κ1) is 16.7. The molecule has 2 amide bonds. The Hall–Kier alpha value is -1.49. The molecular formula is C21H26N2O2S. The van der Waals surface area contributed by atoms with Crippen LogP contribution >= 0.6 is 11.8 Å². The van der Waals surface area contributed by atoms with E-state index in [4.69, 9.17) is 0 Å². The van der Waals surface area contributed by atoms with Gasteiger partial charge in [0.05, 0.1) is 10.9 Å². The van der Waals surface area contributed by atoms with Crippen molar-refractivity contribution in [1.82, 2.24) is 5.32 Å². The third kappa shape index (κ3) is 2.84. The van der Waals surface area contributed by atoms with Crippen molar-refractivity contribution in [3.05, 3.63) is 23.8 Å². The third-order valence-corrected chi connectivity index (χ3v) is 8.14. The van der Waals surface area contributed by atoms with Gasteiger partial charge in [0.25, 0.3) is 5.91 Å². The minimum absolute atomic E-state index is 0.00799. The normalized spacial score (nSPS) is 37.2. The van der Waals surface area contributed by atoms with Crippen molar-refractivity contribution in [2.45, 2.75) is 55.6 Å². The third-order valence-electron chi connectivity index (χ3n) is 6.96. The van der Waals surface area contributed by atoms with Crippen LogP contribution in [0.5, 0.6) is 0 Å². The van der Waals surface area contributed by atoms with Crippen LogP contribution in [-0.4, -0.2) is 23.6 Å². The molecule has 0 unspecified atom stereocenters. The SMILES string of the molecule is C[C@H]1Sc2ccc(C(=O)NCC34CC5CC(CC(C5)C3)C4)cc2NC1=O. The number of carbonyl (C=O) groups is 2. The van der Waals surface area contributed by atoms with E-state index >= 15 is 0 Å². The molecule has 4 nitrogen and oxygen atoms in total. The summed E-state index contributed by atoms with van der Waals surface area (Å²) in [4.78, 5) is 25.7. The summed E-state index contributed by atoms with van der Waals surface area (Å²) >= 11 is 1.55. The number of thioether (sulfide) groups is 1. The van der Waals surface area contributed by atoms with Gasteiger partial charge >= 0.3 is 0 Å². The van der Waals surface area contributed by atoms with Crippen molar-refractivity contribution in [3.63, 3.8) is 0 Å². The zero-order valence-corrected chi connectivity index (χ0v) is 16.0. The van der Waals surface area contributed by atoms with Gasteiger partial charge in [0.2, 0.25) is 5.91 Å². The number of amides is 2. The summed E-state index contributed by atoms with van der Waals surface area (Å²) in [5.74, 6) is 2.69. The fraction of sp³-hybridized carbons (Fsp3) is 0.619. The average molecular weight is 371 g/mol. The molecule has 138 valence electrons. The Morgan fingerprint density at radius 3 is 2.50 bits per heavy atom. The van der Waals surface area contributed by atoms with E-state index in [0.29, 0.717) is 11.0 Å². The van der Waals surface area contributed by atoms with E-state index in [1.807, 2.05) is 25.1 Å². The summed E-state index contributed by atoms with van der Waals surface area (Å²) < 4.78 is 0. The zero-order chi connectivity index (χ0) is 17.9. The lowest BCUT2D eigenvalue weighted by Crippen LogP contribution is -2.51. The molecule has 0 spiro atoms. The number of hydrogen-bond donors (Lipinski definition) is 2. The van der Waals surface area contributed by atoms with Gasteiger partial charge in [-0.15, -0.1) is 11.8 Å². The number of anilines is 1. The van der Waals surface area contributed by atoms with Crippen molar-refractivity contribution in [2.24, 2.45) is 23.2 Å². The lowest BCUT2D eigenvalue weighted by Gasteiger charge is -2.56. The second-order valence-electron chi connectivity index (χ2n) is 9.06. The summed E-state index contributed by atoms with van der Waals surface area (Å²) in [5.41, 5.74) is 1.75. The second-order valence-corrected chi connectivity index (χ2v) is 10.4. The maximum Gasteiger partial charge on any atom is 0.251 e. The smallest absolute Gasteiger partial charge is 0.251 e. The molecule has 26 heavy (non-hydrogen) atoms. The molecule has 6 rings (SSSR count). The molecule has 1 heterocycles. The highest BCUT2D eigenvalue weighted by Crippen LogP contribution is 2.59. The molecular weight excluding hydrogens is 344 g/mol. The van der Waals surface area contributed by atoms with Crippen molar-refractivity contribution >= 4 is 29.3 Å². The highest BCUT2D eigenvalue weighted by atomic mass is 32.2. The first-order chi connectivity index (χ1) is 12.5. The Bertz CT molecular complexity index is 740. The van der Waals surface area contributed by atoms with Gasteiger partial charge in [-0.2, -0.15) is 0 Å². The van der Waals surface area contributed by atoms with Crippen LogP contribution in [0.15, 0.2) is 23.1 Å². The minimum atomic E-state index is -0.0849. The molecule has 0 aromatic heterocycles. The van der Waals surface area contributed by atoms with Crippen LogP contribution in [0.4, 0.5) is 5.69 Å².